The highest BCUT2D eigenvalue weighted by Gasteiger charge is 2.06. The second kappa shape index (κ2) is 9.73. The van der Waals surface area contributed by atoms with Crippen molar-refractivity contribution in [1.29, 1.82) is 0 Å². The van der Waals surface area contributed by atoms with Crippen LogP contribution in [-0.2, 0) is 13.0 Å². The van der Waals surface area contributed by atoms with Crippen molar-refractivity contribution in [2.45, 2.75) is 19.9 Å². The van der Waals surface area contributed by atoms with E-state index in [0.29, 0.717) is 6.54 Å². The van der Waals surface area contributed by atoms with Gasteiger partial charge in [-0.15, -0.1) is 24.0 Å². The molecule has 0 atom stereocenters. The Morgan fingerprint density at radius 3 is 2.79 bits per heavy atom. The van der Waals surface area contributed by atoms with Gasteiger partial charge in [-0.3, -0.25) is 9.98 Å². The molecule has 0 aliphatic carbocycles. The van der Waals surface area contributed by atoms with Crippen molar-refractivity contribution >= 4 is 51.6 Å². The highest BCUT2D eigenvalue weighted by atomic mass is 127. The number of fused-ring (bicyclic) bond motifs is 2. The third-order valence-electron chi connectivity index (χ3n) is 5.01. The van der Waals surface area contributed by atoms with Gasteiger partial charge in [0.1, 0.15) is 0 Å². The van der Waals surface area contributed by atoms with Gasteiger partial charge in [0.2, 0.25) is 0 Å². The van der Waals surface area contributed by atoms with Crippen molar-refractivity contribution in [2.75, 3.05) is 13.6 Å². The molecule has 29 heavy (non-hydrogen) atoms. The summed E-state index contributed by atoms with van der Waals surface area (Å²) in [6, 6.07) is 16.9. The molecular weight excluding hydrogens is 473 g/mol. The molecule has 0 radical (unpaired) electrons. The molecule has 150 valence electrons. The highest BCUT2D eigenvalue weighted by Crippen LogP contribution is 2.19. The number of aromatic nitrogens is 2. The number of aromatic amines is 1. The smallest absolute Gasteiger partial charge is 0.191 e. The van der Waals surface area contributed by atoms with Gasteiger partial charge < -0.3 is 15.6 Å². The van der Waals surface area contributed by atoms with Gasteiger partial charge in [-0.1, -0.05) is 36.4 Å². The lowest BCUT2D eigenvalue weighted by Gasteiger charge is -2.12. The third kappa shape index (κ3) is 4.87. The van der Waals surface area contributed by atoms with E-state index in [1.54, 1.807) is 7.05 Å². The summed E-state index contributed by atoms with van der Waals surface area (Å²) in [5, 5.41) is 10.4. The number of hydrogen-bond donors (Lipinski definition) is 3. The predicted molar refractivity (Wildman–Crippen MR) is 132 cm³/mol. The highest BCUT2D eigenvalue weighted by molar-refractivity contribution is 14.0. The number of nitrogens with zero attached hydrogens (tertiary/aromatic N) is 2. The minimum Gasteiger partial charge on any atom is -0.361 e. The number of halogens is 1. The van der Waals surface area contributed by atoms with Crippen LogP contribution in [0.2, 0.25) is 0 Å². The molecule has 0 saturated carbocycles. The maximum atomic E-state index is 4.53. The molecule has 0 spiro atoms. The molecule has 4 rings (SSSR count). The predicted octanol–water partition coefficient (Wildman–Crippen LogP) is 4.55. The average Bonchev–Trinajstić information content (AvgIpc) is 3.12. The van der Waals surface area contributed by atoms with E-state index in [1.165, 1.54) is 32.8 Å². The Hall–Kier alpha value is -2.61. The molecule has 2 heterocycles. The summed E-state index contributed by atoms with van der Waals surface area (Å²) < 4.78 is 0. The number of benzene rings is 2. The van der Waals surface area contributed by atoms with Gasteiger partial charge in [0, 0.05) is 42.3 Å². The van der Waals surface area contributed by atoms with Gasteiger partial charge in [0.05, 0.1) is 12.2 Å². The summed E-state index contributed by atoms with van der Waals surface area (Å²) >= 11 is 0. The Morgan fingerprint density at radius 1 is 1.07 bits per heavy atom. The number of guanidine groups is 1. The molecule has 0 fully saturated rings. The molecular formula is C23H26IN5. The quantitative estimate of drug-likeness (QED) is 0.215. The Kier molecular flexibility index (Phi) is 7.09. The minimum absolute atomic E-state index is 0. The largest absolute Gasteiger partial charge is 0.361 e. The van der Waals surface area contributed by atoms with Gasteiger partial charge in [0.15, 0.2) is 5.96 Å². The topological polar surface area (TPSA) is 65.1 Å². The van der Waals surface area contributed by atoms with E-state index in [0.717, 1.165) is 24.6 Å². The summed E-state index contributed by atoms with van der Waals surface area (Å²) in [4.78, 5) is 12.2. The molecule has 5 nitrogen and oxygen atoms in total. The molecule has 3 N–H and O–H groups in total. The lowest BCUT2D eigenvalue weighted by atomic mass is 10.1. The van der Waals surface area contributed by atoms with E-state index in [-0.39, 0.29) is 24.0 Å². The van der Waals surface area contributed by atoms with Crippen LogP contribution in [-0.4, -0.2) is 29.5 Å². The van der Waals surface area contributed by atoms with Crippen LogP contribution in [0.15, 0.2) is 65.9 Å². The lowest BCUT2D eigenvalue weighted by molar-refractivity contribution is 0.788. The Bertz CT molecular complexity index is 1130. The van der Waals surface area contributed by atoms with Crippen LogP contribution in [0.1, 0.15) is 16.8 Å². The van der Waals surface area contributed by atoms with Crippen molar-refractivity contribution in [3.8, 4) is 0 Å². The Labute approximate surface area is 188 Å². The van der Waals surface area contributed by atoms with E-state index in [1.807, 2.05) is 24.4 Å². The number of nitrogens with one attached hydrogen (secondary N) is 3. The first-order chi connectivity index (χ1) is 13.7. The lowest BCUT2D eigenvalue weighted by Crippen LogP contribution is -2.38. The van der Waals surface area contributed by atoms with Crippen molar-refractivity contribution < 1.29 is 0 Å². The number of pyridine rings is 1. The van der Waals surface area contributed by atoms with Crippen LogP contribution in [0.5, 0.6) is 0 Å². The summed E-state index contributed by atoms with van der Waals surface area (Å²) in [7, 11) is 1.79. The van der Waals surface area contributed by atoms with Crippen molar-refractivity contribution in [3.05, 3.63) is 77.7 Å². The standard InChI is InChI=1S/C23H25N5.HI/c1-16-7-8-20-18(14-27-21(20)13-16)10-12-26-23(24-2)28-15-22-19-6-4-3-5-17(19)9-11-25-22;/h3-9,11,13-14,27H,10,12,15H2,1-2H3,(H2,24,26,28);1H. The molecule has 0 bridgehead atoms. The van der Waals surface area contributed by atoms with Gasteiger partial charge in [-0.25, -0.2) is 0 Å². The average molecular weight is 499 g/mol. The number of aliphatic imine (C=N–C) groups is 1. The first-order valence-electron chi connectivity index (χ1n) is 9.58. The minimum atomic E-state index is 0. The molecule has 6 heteroatoms. The first kappa shape index (κ1) is 21.1. The van der Waals surface area contributed by atoms with E-state index in [2.05, 4.69) is 69.0 Å². The maximum Gasteiger partial charge on any atom is 0.191 e. The number of H-pyrrole nitrogens is 1. The normalized spacial score (nSPS) is 11.4. The van der Waals surface area contributed by atoms with Crippen LogP contribution in [0, 0.1) is 6.92 Å². The zero-order chi connectivity index (χ0) is 19.3. The van der Waals surface area contributed by atoms with E-state index in [4.69, 9.17) is 0 Å². The van der Waals surface area contributed by atoms with Crippen molar-refractivity contribution in [2.24, 2.45) is 4.99 Å². The fourth-order valence-electron chi connectivity index (χ4n) is 3.53. The van der Waals surface area contributed by atoms with Gasteiger partial charge >= 0.3 is 0 Å². The van der Waals surface area contributed by atoms with Crippen LogP contribution in [0.25, 0.3) is 21.7 Å². The van der Waals surface area contributed by atoms with E-state index >= 15 is 0 Å². The second-order valence-electron chi connectivity index (χ2n) is 6.94. The molecule has 0 unspecified atom stereocenters. The SMILES string of the molecule is CN=C(NCCc1c[nH]c2cc(C)ccc12)NCc1nccc2ccccc12.I. The molecule has 0 aliphatic heterocycles. The molecule has 2 aromatic carbocycles. The Balaban J connectivity index is 0.00000240. The molecule has 0 aliphatic rings. The summed E-state index contributed by atoms with van der Waals surface area (Å²) in [6.07, 6.45) is 4.88. The zero-order valence-corrected chi connectivity index (χ0v) is 19.0. The van der Waals surface area contributed by atoms with Gasteiger partial charge in [0.25, 0.3) is 0 Å². The van der Waals surface area contributed by atoms with Crippen molar-refractivity contribution in [3.63, 3.8) is 0 Å². The fraction of sp³-hybridized carbons (Fsp3) is 0.217. The fourth-order valence-corrected chi connectivity index (χ4v) is 3.53. The number of rotatable bonds is 5. The number of hydrogen-bond acceptors (Lipinski definition) is 2. The molecule has 0 amide bonds. The van der Waals surface area contributed by atoms with Gasteiger partial charge in [-0.2, -0.15) is 0 Å². The van der Waals surface area contributed by atoms with E-state index < -0.39 is 0 Å². The summed E-state index contributed by atoms with van der Waals surface area (Å²) in [5.74, 6) is 0.783. The van der Waals surface area contributed by atoms with Crippen LogP contribution >= 0.6 is 24.0 Å². The number of aryl methyl sites for hydroxylation is 1. The second-order valence-corrected chi connectivity index (χ2v) is 6.94. The molecule has 4 aromatic rings. The zero-order valence-electron chi connectivity index (χ0n) is 16.7. The van der Waals surface area contributed by atoms with Crippen LogP contribution in [0.4, 0.5) is 0 Å². The summed E-state index contributed by atoms with van der Waals surface area (Å²) in [5.41, 5.74) is 4.80. The third-order valence-corrected chi connectivity index (χ3v) is 5.01. The van der Waals surface area contributed by atoms with Crippen molar-refractivity contribution in [1.82, 2.24) is 20.6 Å². The van der Waals surface area contributed by atoms with Gasteiger partial charge in [-0.05, 0) is 42.0 Å². The maximum absolute atomic E-state index is 4.53. The Morgan fingerprint density at radius 2 is 1.93 bits per heavy atom. The first-order valence-corrected chi connectivity index (χ1v) is 9.58. The summed E-state index contributed by atoms with van der Waals surface area (Å²) in [6.45, 7) is 3.55. The van der Waals surface area contributed by atoms with Crippen LogP contribution in [0.3, 0.4) is 0 Å². The van der Waals surface area contributed by atoms with Crippen LogP contribution < -0.4 is 10.6 Å². The monoisotopic (exact) mass is 499 g/mol. The van der Waals surface area contributed by atoms with E-state index in [9.17, 15) is 0 Å². The molecule has 2 aromatic heterocycles. The molecule has 0 saturated heterocycles.